The summed E-state index contributed by atoms with van der Waals surface area (Å²) in [5, 5.41) is 40.1. The average molecular weight is 807 g/mol. The smallest absolute Gasteiger partial charge is 0.306 e. The zero-order valence-corrected chi connectivity index (χ0v) is 35.8. The van der Waals surface area contributed by atoms with Crippen LogP contribution in [0.1, 0.15) is 181 Å². The lowest BCUT2D eigenvalue weighted by molar-refractivity contribution is -0.305. The summed E-state index contributed by atoms with van der Waals surface area (Å²) in [5.41, 5.74) is 0. The molecular weight excluding hydrogens is 725 g/mol. The number of rotatable bonds is 37. The van der Waals surface area contributed by atoms with Gasteiger partial charge in [-0.15, -0.1) is 0 Å². The molecule has 1 aliphatic heterocycles. The van der Waals surface area contributed by atoms with E-state index in [1.54, 1.807) is 0 Å². The number of hydrogen-bond donors (Lipinski definition) is 4. The Kier molecular flexibility index (Phi) is 35.0. The Hall–Kier alpha value is -2.34. The molecule has 4 N–H and O–H groups in total. The van der Waals surface area contributed by atoms with E-state index >= 15 is 0 Å². The number of allylic oxidation sites excluding steroid dienone is 8. The molecule has 6 atom stereocenters. The van der Waals surface area contributed by atoms with Gasteiger partial charge in [0, 0.05) is 12.8 Å². The summed E-state index contributed by atoms with van der Waals surface area (Å²) in [6.07, 6.45) is 36.8. The van der Waals surface area contributed by atoms with Crippen LogP contribution >= 0.6 is 0 Å². The fourth-order valence-electron chi connectivity index (χ4n) is 6.61. The molecule has 0 spiro atoms. The van der Waals surface area contributed by atoms with Crippen LogP contribution in [0.3, 0.4) is 0 Å². The van der Waals surface area contributed by atoms with Gasteiger partial charge in [-0.2, -0.15) is 0 Å². The summed E-state index contributed by atoms with van der Waals surface area (Å²) in [5.74, 6) is -0.832. The monoisotopic (exact) mass is 807 g/mol. The van der Waals surface area contributed by atoms with Crippen LogP contribution in [0.25, 0.3) is 0 Å². The van der Waals surface area contributed by atoms with Gasteiger partial charge < -0.3 is 39.4 Å². The van der Waals surface area contributed by atoms with Crippen LogP contribution in [0.2, 0.25) is 0 Å². The van der Waals surface area contributed by atoms with Gasteiger partial charge in [0.25, 0.3) is 0 Å². The van der Waals surface area contributed by atoms with Crippen molar-refractivity contribution in [1.82, 2.24) is 0 Å². The van der Waals surface area contributed by atoms with E-state index in [2.05, 4.69) is 62.5 Å². The summed E-state index contributed by atoms with van der Waals surface area (Å²) < 4.78 is 22.1. The lowest BCUT2D eigenvalue weighted by atomic mass is 9.99. The fourth-order valence-corrected chi connectivity index (χ4v) is 6.61. The number of ether oxygens (including phenoxy) is 4. The van der Waals surface area contributed by atoms with E-state index in [1.165, 1.54) is 64.2 Å². The standard InChI is InChI=1S/C47H82O10/c1-3-5-7-9-11-13-15-17-19-20-22-23-25-27-29-31-33-35-42(49)54-38-40(39-55-47-46(53)45(52)44(51)41(37-48)57-47)56-43(50)36-34-32-30-28-26-24-21-18-16-14-12-10-8-6-4-2/h6,8,12,14,17-19,21,40-41,44-48,51-53H,3-5,7,9-11,13,15-16,20,22-39H2,1-2H3/b8-6-,14-12-,19-17+,21-18-/t40-,41-,44+,45+,46-,47-/m1/s1. The Bertz CT molecular complexity index is 1070. The van der Waals surface area contributed by atoms with Gasteiger partial charge in [0.05, 0.1) is 13.2 Å². The third kappa shape index (κ3) is 29.5. The molecule has 0 aromatic rings. The van der Waals surface area contributed by atoms with E-state index in [9.17, 15) is 30.0 Å². The van der Waals surface area contributed by atoms with Gasteiger partial charge in [-0.25, -0.2) is 0 Å². The summed E-state index contributed by atoms with van der Waals surface area (Å²) in [7, 11) is 0. The van der Waals surface area contributed by atoms with Gasteiger partial charge in [0.15, 0.2) is 12.4 Å². The van der Waals surface area contributed by atoms with Gasteiger partial charge in [-0.1, -0.05) is 146 Å². The Morgan fingerprint density at radius 3 is 1.58 bits per heavy atom. The molecule has 0 aromatic heterocycles. The van der Waals surface area contributed by atoms with E-state index in [0.717, 1.165) is 83.5 Å². The number of hydrogen-bond acceptors (Lipinski definition) is 10. The van der Waals surface area contributed by atoms with E-state index in [-0.39, 0.29) is 32.0 Å². The molecule has 0 bridgehead atoms. The summed E-state index contributed by atoms with van der Waals surface area (Å²) in [6, 6.07) is 0. The Morgan fingerprint density at radius 1 is 0.561 bits per heavy atom. The maximum absolute atomic E-state index is 12.8. The molecule has 10 nitrogen and oxygen atoms in total. The van der Waals surface area contributed by atoms with Crippen LogP contribution in [-0.2, 0) is 28.5 Å². The molecule has 1 aliphatic rings. The van der Waals surface area contributed by atoms with Crippen LogP contribution in [0.15, 0.2) is 48.6 Å². The van der Waals surface area contributed by atoms with Gasteiger partial charge >= 0.3 is 11.9 Å². The molecule has 1 fully saturated rings. The van der Waals surface area contributed by atoms with Gasteiger partial charge in [0.2, 0.25) is 0 Å². The third-order valence-electron chi connectivity index (χ3n) is 10.2. The SMILES string of the molecule is CC/C=C\C/C=C\C/C=C\CCCCCCCC(=O)O[C@H](COC(=O)CCCCCCCCC/C=C/CCCCCCCC)CO[C@@H]1O[C@H](CO)[C@H](O)[C@H](O)[C@H]1O. The number of carbonyl (C=O) groups excluding carboxylic acids is 2. The second-order valence-corrected chi connectivity index (χ2v) is 15.5. The second kappa shape index (κ2) is 37.9. The zero-order chi connectivity index (χ0) is 41.6. The predicted octanol–water partition coefficient (Wildman–Crippen LogP) is 9.67. The van der Waals surface area contributed by atoms with Gasteiger partial charge in [-0.05, 0) is 70.6 Å². The first kappa shape index (κ1) is 52.7. The van der Waals surface area contributed by atoms with Crippen molar-refractivity contribution in [2.75, 3.05) is 19.8 Å². The molecule has 0 aliphatic carbocycles. The maximum atomic E-state index is 12.8. The fraction of sp³-hybridized carbons (Fsp3) is 0.787. The number of esters is 2. The molecule has 10 heteroatoms. The topological polar surface area (TPSA) is 152 Å². The maximum Gasteiger partial charge on any atom is 0.306 e. The normalized spacial score (nSPS) is 20.7. The first-order chi connectivity index (χ1) is 27.8. The van der Waals surface area contributed by atoms with E-state index < -0.39 is 49.4 Å². The summed E-state index contributed by atoms with van der Waals surface area (Å²) >= 11 is 0. The molecule has 1 heterocycles. The van der Waals surface area contributed by atoms with E-state index in [0.29, 0.717) is 6.42 Å². The van der Waals surface area contributed by atoms with Crippen molar-refractivity contribution in [1.29, 1.82) is 0 Å². The molecule has 1 rings (SSSR count). The number of unbranched alkanes of at least 4 members (excludes halogenated alkanes) is 18. The van der Waals surface area contributed by atoms with Crippen LogP contribution in [-0.4, -0.2) is 89.0 Å². The molecule has 0 unspecified atom stereocenters. The van der Waals surface area contributed by atoms with Gasteiger partial charge in [0.1, 0.15) is 31.0 Å². The van der Waals surface area contributed by atoms with Crippen LogP contribution < -0.4 is 0 Å². The Balaban J connectivity index is 2.33. The number of aliphatic hydroxyl groups is 4. The van der Waals surface area contributed by atoms with Crippen LogP contribution in [0.4, 0.5) is 0 Å². The van der Waals surface area contributed by atoms with Crippen molar-refractivity contribution < 1.29 is 49.0 Å². The van der Waals surface area contributed by atoms with Crippen molar-refractivity contribution in [2.24, 2.45) is 0 Å². The minimum absolute atomic E-state index is 0.208. The second-order valence-electron chi connectivity index (χ2n) is 15.5. The Morgan fingerprint density at radius 2 is 1.04 bits per heavy atom. The summed E-state index contributed by atoms with van der Waals surface area (Å²) in [6.45, 7) is 3.28. The van der Waals surface area contributed by atoms with E-state index in [1.807, 2.05) is 0 Å². The molecule has 0 amide bonds. The molecule has 0 radical (unpaired) electrons. The highest BCUT2D eigenvalue weighted by Crippen LogP contribution is 2.22. The highest BCUT2D eigenvalue weighted by Gasteiger charge is 2.44. The molecule has 330 valence electrons. The minimum Gasteiger partial charge on any atom is -0.462 e. The van der Waals surface area contributed by atoms with Crippen LogP contribution in [0.5, 0.6) is 0 Å². The number of aliphatic hydroxyl groups excluding tert-OH is 4. The molecular formula is C47H82O10. The molecule has 0 aromatic carbocycles. The largest absolute Gasteiger partial charge is 0.462 e. The number of carbonyl (C=O) groups is 2. The van der Waals surface area contributed by atoms with Crippen molar-refractivity contribution in [3.05, 3.63) is 48.6 Å². The predicted molar refractivity (Wildman–Crippen MR) is 229 cm³/mol. The van der Waals surface area contributed by atoms with Crippen LogP contribution in [0, 0.1) is 0 Å². The first-order valence-corrected chi connectivity index (χ1v) is 22.7. The van der Waals surface area contributed by atoms with Crippen molar-refractivity contribution in [2.45, 2.75) is 218 Å². The highest BCUT2D eigenvalue weighted by molar-refractivity contribution is 5.70. The molecule has 0 saturated carbocycles. The van der Waals surface area contributed by atoms with E-state index in [4.69, 9.17) is 18.9 Å². The minimum atomic E-state index is -1.60. The Labute approximate surface area is 346 Å². The lowest BCUT2D eigenvalue weighted by Gasteiger charge is -2.39. The third-order valence-corrected chi connectivity index (χ3v) is 10.2. The van der Waals surface area contributed by atoms with Crippen molar-refractivity contribution >= 4 is 11.9 Å². The lowest BCUT2D eigenvalue weighted by Crippen LogP contribution is -2.59. The van der Waals surface area contributed by atoms with Crippen molar-refractivity contribution in [3.63, 3.8) is 0 Å². The first-order valence-electron chi connectivity index (χ1n) is 22.7. The zero-order valence-electron chi connectivity index (χ0n) is 35.8. The quantitative estimate of drug-likeness (QED) is 0.0271. The molecule has 57 heavy (non-hydrogen) atoms. The van der Waals surface area contributed by atoms with Crippen molar-refractivity contribution in [3.8, 4) is 0 Å². The highest BCUT2D eigenvalue weighted by atomic mass is 16.7. The van der Waals surface area contributed by atoms with Gasteiger partial charge in [-0.3, -0.25) is 9.59 Å². The molecule has 1 saturated heterocycles. The average Bonchev–Trinajstić information content (AvgIpc) is 3.21. The summed E-state index contributed by atoms with van der Waals surface area (Å²) in [4.78, 5) is 25.3.